The quantitative estimate of drug-likeness (QED) is 0.620. The Bertz CT molecular complexity index is 249. The second kappa shape index (κ2) is 9.01. The van der Waals surface area contributed by atoms with Crippen LogP contribution in [0, 0.1) is 0 Å². The van der Waals surface area contributed by atoms with E-state index >= 15 is 0 Å². The van der Waals surface area contributed by atoms with Crippen molar-refractivity contribution in [2.45, 2.75) is 52.4 Å². The topological polar surface area (TPSA) is 23.6 Å². The number of likely N-dealkylation sites (tertiary alicyclic amines) is 1. The van der Waals surface area contributed by atoms with Gasteiger partial charge in [-0.15, -0.1) is 0 Å². The maximum atomic E-state index is 11.9. The maximum Gasteiger partial charge on any atom is 0.248 e. The summed E-state index contributed by atoms with van der Waals surface area (Å²) in [6.45, 7) is 8.43. The molecule has 0 aromatic heterocycles. The summed E-state index contributed by atoms with van der Waals surface area (Å²) in [6, 6.07) is 0. The second-order valence-electron chi connectivity index (χ2n) is 5.09. The lowest BCUT2D eigenvalue weighted by Crippen LogP contribution is -2.27. The van der Waals surface area contributed by atoms with E-state index in [4.69, 9.17) is 0 Å². The predicted octanol–water partition coefficient (Wildman–Crippen LogP) is 3.02. The lowest BCUT2D eigenvalue weighted by atomic mass is 10.3. The first-order valence-electron chi connectivity index (χ1n) is 7.49. The lowest BCUT2D eigenvalue weighted by Gasteiger charge is -2.20. The zero-order chi connectivity index (χ0) is 13.2. The van der Waals surface area contributed by atoms with E-state index in [1.54, 1.807) is 6.08 Å². The summed E-state index contributed by atoms with van der Waals surface area (Å²) in [6.07, 6.45) is 10.9. The van der Waals surface area contributed by atoms with Crippen LogP contribution in [-0.4, -0.2) is 41.9 Å². The molecule has 1 aliphatic rings. The van der Waals surface area contributed by atoms with Crippen molar-refractivity contribution in [2.75, 3.05) is 26.2 Å². The number of hydrogen-bond acceptors (Lipinski definition) is 2. The largest absolute Gasteiger partial charge is 0.377 e. The standard InChI is InChI=1S/C15H28N2O/c1-3-5-10-16(11-6-4-2)14-9-15(18)17-12-7-8-13-17/h9,14H,3-8,10-13H2,1-2H3/b14-9+. The van der Waals surface area contributed by atoms with Crippen LogP contribution < -0.4 is 0 Å². The van der Waals surface area contributed by atoms with Crippen LogP contribution in [0.3, 0.4) is 0 Å². The van der Waals surface area contributed by atoms with Gasteiger partial charge in [0.15, 0.2) is 0 Å². The Hall–Kier alpha value is -0.990. The van der Waals surface area contributed by atoms with Crippen molar-refractivity contribution in [3.8, 4) is 0 Å². The highest BCUT2D eigenvalue weighted by atomic mass is 16.2. The van der Waals surface area contributed by atoms with Gasteiger partial charge in [0.1, 0.15) is 0 Å². The molecule has 1 aliphatic heterocycles. The summed E-state index contributed by atoms with van der Waals surface area (Å²) in [5, 5.41) is 0. The predicted molar refractivity (Wildman–Crippen MR) is 76.3 cm³/mol. The van der Waals surface area contributed by atoms with Crippen LogP contribution in [0.4, 0.5) is 0 Å². The van der Waals surface area contributed by atoms with Crippen LogP contribution in [0.5, 0.6) is 0 Å². The molecule has 1 saturated heterocycles. The van der Waals surface area contributed by atoms with E-state index in [2.05, 4.69) is 18.7 Å². The van der Waals surface area contributed by atoms with E-state index < -0.39 is 0 Å². The number of rotatable bonds is 8. The maximum absolute atomic E-state index is 11.9. The van der Waals surface area contributed by atoms with Gasteiger partial charge in [-0.2, -0.15) is 0 Å². The second-order valence-corrected chi connectivity index (χ2v) is 5.09. The minimum atomic E-state index is 0.186. The van der Waals surface area contributed by atoms with Crippen molar-refractivity contribution in [1.29, 1.82) is 0 Å². The third kappa shape index (κ3) is 5.56. The number of carbonyl (C=O) groups excluding carboxylic acids is 1. The van der Waals surface area contributed by atoms with Gasteiger partial charge < -0.3 is 9.80 Å². The van der Waals surface area contributed by atoms with Gasteiger partial charge in [-0.3, -0.25) is 4.79 Å². The molecule has 0 atom stereocenters. The molecule has 1 fully saturated rings. The normalized spacial score (nSPS) is 15.6. The van der Waals surface area contributed by atoms with Crippen molar-refractivity contribution >= 4 is 5.91 Å². The van der Waals surface area contributed by atoms with Crippen molar-refractivity contribution < 1.29 is 4.79 Å². The highest BCUT2D eigenvalue weighted by Gasteiger charge is 2.15. The fraction of sp³-hybridized carbons (Fsp3) is 0.800. The molecule has 104 valence electrons. The van der Waals surface area contributed by atoms with E-state index in [-0.39, 0.29) is 5.91 Å². The SMILES string of the molecule is CCCCN(/C=C/C(=O)N1CCCC1)CCCC. The van der Waals surface area contributed by atoms with Gasteiger partial charge in [-0.05, 0) is 25.7 Å². The summed E-state index contributed by atoms with van der Waals surface area (Å²) < 4.78 is 0. The van der Waals surface area contributed by atoms with Crippen LogP contribution in [0.15, 0.2) is 12.3 Å². The number of carbonyl (C=O) groups is 1. The molecule has 1 heterocycles. The number of hydrogen-bond donors (Lipinski definition) is 0. The zero-order valence-corrected chi connectivity index (χ0v) is 12.0. The van der Waals surface area contributed by atoms with Crippen molar-refractivity contribution in [1.82, 2.24) is 9.80 Å². The Labute approximate surface area is 112 Å². The van der Waals surface area contributed by atoms with E-state index in [0.29, 0.717) is 0 Å². The Morgan fingerprint density at radius 1 is 1.11 bits per heavy atom. The number of amides is 1. The molecule has 3 heteroatoms. The third-order valence-corrected chi connectivity index (χ3v) is 3.44. The molecule has 3 nitrogen and oxygen atoms in total. The Balaban J connectivity index is 2.38. The molecule has 0 bridgehead atoms. The van der Waals surface area contributed by atoms with Gasteiger partial charge in [0.05, 0.1) is 0 Å². The van der Waals surface area contributed by atoms with Crippen LogP contribution >= 0.6 is 0 Å². The smallest absolute Gasteiger partial charge is 0.248 e. The summed E-state index contributed by atoms with van der Waals surface area (Å²) in [7, 11) is 0. The average Bonchev–Trinajstić information content (AvgIpc) is 2.91. The fourth-order valence-electron chi connectivity index (χ4n) is 2.20. The minimum Gasteiger partial charge on any atom is -0.377 e. The highest BCUT2D eigenvalue weighted by molar-refractivity contribution is 5.87. The van der Waals surface area contributed by atoms with Crippen LogP contribution in [-0.2, 0) is 4.79 Å². The van der Waals surface area contributed by atoms with Gasteiger partial charge in [0.25, 0.3) is 0 Å². The molecule has 0 spiro atoms. The van der Waals surface area contributed by atoms with Gasteiger partial charge in [-0.25, -0.2) is 0 Å². The van der Waals surface area contributed by atoms with E-state index in [1.807, 2.05) is 11.1 Å². The van der Waals surface area contributed by atoms with Gasteiger partial charge in [0.2, 0.25) is 5.91 Å². The molecule has 0 aromatic rings. The summed E-state index contributed by atoms with van der Waals surface area (Å²) in [4.78, 5) is 16.2. The molecule has 0 saturated carbocycles. The molecule has 0 unspecified atom stereocenters. The molecule has 0 radical (unpaired) electrons. The van der Waals surface area contributed by atoms with Crippen LogP contribution in [0.2, 0.25) is 0 Å². The molecule has 0 aromatic carbocycles. The lowest BCUT2D eigenvalue weighted by molar-refractivity contribution is -0.125. The third-order valence-electron chi connectivity index (χ3n) is 3.44. The first-order chi connectivity index (χ1) is 8.77. The molecule has 0 aliphatic carbocycles. The van der Waals surface area contributed by atoms with Gasteiger partial charge >= 0.3 is 0 Å². The summed E-state index contributed by atoms with van der Waals surface area (Å²) in [5.74, 6) is 0.186. The molecule has 1 rings (SSSR count). The minimum absolute atomic E-state index is 0.186. The van der Waals surface area contributed by atoms with E-state index in [0.717, 1.165) is 39.0 Å². The Kier molecular flexibility index (Phi) is 7.54. The molecular weight excluding hydrogens is 224 g/mol. The molecule has 0 N–H and O–H groups in total. The zero-order valence-electron chi connectivity index (χ0n) is 12.0. The molecule has 18 heavy (non-hydrogen) atoms. The summed E-state index contributed by atoms with van der Waals surface area (Å²) in [5.41, 5.74) is 0. The molecular formula is C15H28N2O. The fourth-order valence-corrected chi connectivity index (χ4v) is 2.20. The van der Waals surface area contributed by atoms with Crippen LogP contribution in [0.25, 0.3) is 0 Å². The van der Waals surface area contributed by atoms with Crippen molar-refractivity contribution in [3.05, 3.63) is 12.3 Å². The average molecular weight is 252 g/mol. The van der Waals surface area contributed by atoms with E-state index in [9.17, 15) is 4.79 Å². The monoisotopic (exact) mass is 252 g/mol. The highest BCUT2D eigenvalue weighted by Crippen LogP contribution is 2.08. The van der Waals surface area contributed by atoms with Gasteiger partial charge in [0, 0.05) is 38.5 Å². The first-order valence-corrected chi connectivity index (χ1v) is 7.49. The Morgan fingerprint density at radius 2 is 1.67 bits per heavy atom. The molecule has 1 amide bonds. The summed E-state index contributed by atoms with van der Waals surface area (Å²) >= 11 is 0. The Morgan fingerprint density at radius 3 is 2.17 bits per heavy atom. The van der Waals surface area contributed by atoms with Crippen LogP contribution in [0.1, 0.15) is 52.4 Å². The van der Waals surface area contributed by atoms with Crippen molar-refractivity contribution in [3.63, 3.8) is 0 Å². The van der Waals surface area contributed by atoms with Crippen molar-refractivity contribution in [2.24, 2.45) is 0 Å². The van der Waals surface area contributed by atoms with Gasteiger partial charge in [-0.1, -0.05) is 26.7 Å². The number of unbranched alkanes of at least 4 members (excludes halogenated alkanes) is 2. The van der Waals surface area contributed by atoms with E-state index in [1.165, 1.54) is 25.7 Å². The number of nitrogens with zero attached hydrogens (tertiary/aromatic N) is 2. The first kappa shape index (κ1) is 15.1.